The Morgan fingerprint density at radius 1 is 1.39 bits per heavy atom. The number of hydrogen-bond acceptors (Lipinski definition) is 3. The van der Waals surface area contributed by atoms with Gasteiger partial charge in [-0.3, -0.25) is 0 Å². The molecule has 0 saturated heterocycles. The minimum Gasteiger partial charge on any atom is -0.399 e. The second-order valence-electron chi connectivity index (χ2n) is 5.51. The molecule has 0 unspecified atom stereocenters. The van der Waals surface area contributed by atoms with Crippen LogP contribution in [0, 0.1) is 12.3 Å². The van der Waals surface area contributed by atoms with Gasteiger partial charge < -0.3 is 5.73 Å². The molecule has 0 heterocycles. The number of nitrogen functional groups attached to an aromatic ring is 1. The van der Waals surface area contributed by atoms with Gasteiger partial charge in [0.25, 0.3) is 0 Å². The van der Waals surface area contributed by atoms with Crippen LogP contribution in [-0.4, -0.2) is 15.0 Å². The summed E-state index contributed by atoms with van der Waals surface area (Å²) in [5.41, 5.74) is 7.22. The largest absolute Gasteiger partial charge is 0.399 e. The Hall–Kier alpha value is -1.07. The van der Waals surface area contributed by atoms with Crippen molar-refractivity contribution in [3.8, 4) is 0 Å². The Morgan fingerprint density at radius 3 is 2.56 bits per heavy atom. The number of benzene rings is 1. The van der Waals surface area contributed by atoms with Gasteiger partial charge in [-0.05, 0) is 48.9 Å². The van der Waals surface area contributed by atoms with Gasteiger partial charge in [-0.2, -0.15) is 0 Å². The highest BCUT2D eigenvalue weighted by Crippen LogP contribution is 2.39. The topological polar surface area (TPSA) is 72.2 Å². The predicted molar refractivity (Wildman–Crippen MR) is 72.7 cm³/mol. The zero-order chi connectivity index (χ0) is 13.4. The second kappa shape index (κ2) is 4.55. The number of nitrogens with two attached hydrogens (primary N) is 1. The van der Waals surface area contributed by atoms with Gasteiger partial charge in [0.2, 0.25) is 10.0 Å². The molecule has 3 N–H and O–H groups in total. The summed E-state index contributed by atoms with van der Waals surface area (Å²) in [6.07, 6.45) is 3.38. The highest BCUT2D eigenvalue weighted by atomic mass is 32.2. The molecule has 0 aromatic heterocycles. The Balaban J connectivity index is 2.12. The van der Waals surface area contributed by atoms with Gasteiger partial charge in [0.15, 0.2) is 0 Å². The van der Waals surface area contributed by atoms with Crippen LogP contribution in [-0.2, 0) is 10.0 Å². The monoisotopic (exact) mass is 268 g/mol. The van der Waals surface area contributed by atoms with E-state index in [4.69, 9.17) is 5.73 Å². The molecule has 0 amide bonds. The summed E-state index contributed by atoms with van der Waals surface area (Å²) in [5.74, 6) is 0. The average Bonchev–Trinajstić information content (AvgIpc) is 2.27. The lowest BCUT2D eigenvalue weighted by molar-refractivity contribution is 0.166. The van der Waals surface area contributed by atoms with Crippen molar-refractivity contribution >= 4 is 15.7 Å². The molecule has 1 aromatic rings. The molecule has 0 atom stereocenters. The first-order valence-corrected chi connectivity index (χ1v) is 7.67. The minimum atomic E-state index is -3.41. The molecule has 1 aliphatic carbocycles. The van der Waals surface area contributed by atoms with E-state index in [2.05, 4.69) is 11.6 Å². The lowest BCUT2D eigenvalue weighted by Crippen LogP contribution is -2.39. The van der Waals surface area contributed by atoms with Gasteiger partial charge in [-0.1, -0.05) is 13.3 Å². The zero-order valence-corrected chi connectivity index (χ0v) is 11.7. The third kappa shape index (κ3) is 2.67. The van der Waals surface area contributed by atoms with E-state index in [-0.39, 0.29) is 10.3 Å². The normalized spacial score (nSPS) is 18.3. The summed E-state index contributed by atoms with van der Waals surface area (Å²) in [5, 5.41) is 0. The van der Waals surface area contributed by atoms with Gasteiger partial charge in [-0.25, -0.2) is 13.1 Å². The van der Waals surface area contributed by atoms with E-state index >= 15 is 0 Å². The fraction of sp³-hybridized carbons (Fsp3) is 0.538. The molecule has 0 bridgehead atoms. The number of rotatable bonds is 4. The van der Waals surface area contributed by atoms with Crippen molar-refractivity contribution in [3.05, 3.63) is 23.8 Å². The number of anilines is 1. The second-order valence-corrected chi connectivity index (χ2v) is 7.27. The first kappa shape index (κ1) is 13.4. The zero-order valence-electron chi connectivity index (χ0n) is 10.9. The Bertz CT molecular complexity index is 548. The van der Waals surface area contributed by atoms with Crippen LogP contribution in [0.4, 0.5) is 5.69 Å². The van der Waals surface area contributed by atoms with Crippen LogP contribution in [0.2, 0.25) is 0 Å². The molecule has 18 heavy (non-hydrogen) atoms. The Kier molecular flexibility index (Phi) is 3.38. The van der Waals surface area contributed by atoms with Crippen molar-refractivity contribution in [3.63, 3.8) is 0 Å². The fourth-order valence-corrected chi connectivity index (χ4v) is 3.41. The van der Waals surface area contributed by atoms with E-state index in [1.165, 1.54) is 6.42 Å². The third-order valence-electron chi connectivity index (χ3n) is 3.80. The van der Waals surface area contributed by atoms with Crippen LogP contribution in [0.1, 0.15) is 31.7 Å². The number of nitrogens with one attached hydrogen (secondary N) is 1. The van der Waals surface area contributed by atoms with Gasteiger partial charge in [0.1, 0.15) is 0 Å². The van der Waals surface area contributed by atoms with Crippen molar-refractivity contribution < 1.29 is 8.42 Å². The highest BCUT2D eigenvalue weighted by molar-refractivity contribution is 7.89. The first-order chi connectivity index (χ1) is 8.32. The maximum Gasteiger partial charge on any atom is 0.240 e. The molecule has 2 rings (SSSR count). The molecule has 0 radical (unpaired) electrons. The van der Waals surface area contributed by atoms with E-state index in [1.54, 1.807) is 18.2 Å². The quantitative estimate of drug-likeness (QED) is 0.821. The molecule has 5 heteroatoms. The van der Waals surface area contributed by atoms with E-state index in [9.17, 15) is 8.42 Å². The van der Waals surface area contributed by atoms with Crippen LogP contribution >= 0.6 is 0 Å². The summed E-state index contributed by atoms with van der Waals surface area (Å²) >= 11 is 0. The lowest BCUT2D eigenvalue weighted by atomic mass is 9.71. The molecule has 1 aliphatic rings. The van der Waals surface area contributed by atoms with Gasteiger partial charge in [0.05, 0.1) is 4.90 Å². The van der Waals surface area contributed by atoms with Crippen LogP contribution < -0.4 is 10.5 Å². The van der Waals surface area contributed by atoms with E-state index in [0.717, 1.165) is 18.4 Å². The van der Waals surface area contributed by atoms with Gasteiger partial charge in [-0.15, -0.1) is 0 Å². The molecule has 1 aromatic carbocycles. The molecule has 0 aliphatic heterocycles. The molecule has 100 valence electrons. The smallest absolute Gasteiger partial charge is 0.240 e. The molecule has 1 fully saturated rings. The average molecular weight is 268 g/mol. The van der Waals surface area contributed by atoms with Crippen molar-refractivity contribution in [2.75, 3.05) is 12.3 Å². The number of aryl methyl sites for hydroxylation is 1. The molecular weight excluding hydrogens is 248 g/mol. The maximum atomic E-state index is 12.1. The van der Waals surface area contributed by atoms with Crippen molar-refractivity contribution in [1.82, 2.24) is 4.72 Å². The van der Waals surface area contributed by atoms with Crippen molar-refractivity contribution in [1.29, 1.82) is 0 Å². The summed E-state index contributed by atoms with van der Waals surface area (Å²) < 4.78 is 27.0. The number of sulfonamides is 1. The van der Waals surface area contributed by atoms with Crippen LogP contribution in [0.25, 0.3) is 0 Å². The standard InChI is InChI=1S/C13H20N2O2S/c1-10-8-11(4-5-12(10)14)18(16,17)15-9-13(2)6-3-7-13/h4-5,8,15H,3,6-7,9,14H2,1-2H3. The number of hydrogen-bond donors (Lipinski definition) is 2. The van der Waals surface area contributed by atoms with E-state index in [1.807, 2.05) is 6.92 Å². The Morgan fingerprint density at radius 2 is 2.06 bits per heavy atom. The van der Waals surface area contributed by atoms with Crippen molar-refractivity contribution in [2.45, 2.75) is 38.0 Å². The Labute approximate surface area is 109 Å². The van der Waals surface area contributed by atoms with Gasteiger partial charge in [0, 0.05) is 12.2 Å². The third-order valence-corrected chi connectivity index (χ3v) is 5.20. The predicted octanol–water partition coefficient (Wildman–Crippen LogP) is 2.05. The van der Waals surface area contributed by atoms with Gasteiger partial charge >= 0.3 is 0 Å². The summed E-state index contributed by atoms with van der Waals surface area (Å²) in [6, 6.07) is 4.80. The summed E-state index contributed by atoms with van der Waals surface area (Å²) in [4.78, 5) is 0.289. The van der Waals surface area contributed by atoms with E-state index < -0.39 is 10.0 Å². The molecule has 1 saturated carbocycles. The van der Waals surface area contributed by atoms with Crippen molar-refractivity contribution in [2.24, 2.45) is 5.41 Å². The summed E-state index contributed by atoms with van der Waals surface area (Å²) in [6.45, 7) is 4.44. The fourth-order valence-electron chi connectivity index (χ4n) is 2.13. The first-order valence-electron chi connectivity index (χ1n) is 6.18. The molecule has 4 nitrogen and oxygen atoms in total. The van der Waals surface area contributed by atoms with Crippen LogP contribution in [0.15, 0.2) is 23.1 Å². The molecular formula is C13H20N2O2S. The van der Waals surface area contributed by atoms with E-state index in [0.29, 0.717) is 12.2 Å². The SMILES string of the molecule is Cc1cc(S(=O)(=O)NCC2(C)CCC2)ccc1N. The van der Waals surface area contributed by atoms with Crippen LogP contribution in [0.3, 0.4) is 0 Å². The highest BCUT2D eigenvalue weighted by Gasteiger charge is 2.33. The minimum absolute atomic E-state index is 0.135. The van der Waals surface area contributed by atoms with Crippen LogP contribution in [0.5, 0.6) is 0 Å². The molecule has 0 spiro atoms. The summed E-state index contributed by atoms with van der Waals surface area (Å²) in [7, 11) is -3.41. The lowest BCUT2D eigenvalue weighted by Gasteiger charge is -2.38. The maximum absolute atomic E-state index is 12.1.